The maximum atomic E-state index is 13.7. The van der Waals surface area contributed by atoms with Gasteiger partial charge in [0.15, 0.2) is 0 Å². The Balaban J connectivity index is 1.55. The van der Waals surface area contributed by atoms with Gasteiger partial charge >= 0.3 is 0 Å². The Kier molecular flexibility index (Phi) is 6.30. The molecule has 0 N–H and O–H groups in total. The van der Waals surface area contributed by atoms with Gasteiger partial charge in [0.1, 0.15) is 5.82 Å². The van der Waals surface area contributed by atoms with Gasteiger partial charge in [0.05, 0.1) is 0 Å². The highest BCUT2D eigenvalue weighted by molar-refractivity contribution is 7.09. The van der Waals surface area contributed by atoms with E-state index in [1.807, 2.05) is 6.08 Å². The summed E-state index contributed by atoms with van der Waals surface area (Å²) >= 11 is 1.76. The van der Waals surface area contributed by atoms with Crippen LogP contribution in [0, 0.1) is 12.7 Å². The summed E-state index contributed by atoms with van der Waals surface area (Å²) in [4.78, 5) is 8.07. The number of thiophene rings is 1. The molecule has 0 atom stereocenters. The normalized spacial score (nSPS) is 11.2. The van der Waals surface area contributed by atoms with Crippen LogP contribution in [0.5, 0.6) is 0 Å². The third-order valence-corrected chi connectivity index (χ3v) is 4.97. The van der Waals surface area contributed by atoms with E-state index in [1.54, 1.807) is 30.4 Å². The Bertz CT molecular complexity index is 845. The van der Waals surface area contributed by atoms with Crippen LogP contribution >= 0.6 is 11.3 Å². The number of hydrogen-bond acceptors (Lipinski definition) is 5. The van der Waals surface area contributed by atoms with Crippen molar-refractivity contribution in [2.24, 2.45) is 0 Å². The van der Waals surface area contributed by atoms with E-state index in [2.05, 4.69) is 39.1 Å². The summed E-state index contributed by atoms with van der Waals surface area (Å²) in [6.45, 7) is 8.24. The van der Waals surface area contributed by atoms with Gasteiger partial charge in [-0.25, -0.2) is 4.39 Å². The van der Waals surface area contributed by atoms with Crippen molar-refractivity contribution >= 4 is 11.3 Å². The van der Waals surface area contributed by atoms with Crippen LogP contribution < -0.4 is 0 Å². The summed E-state index contributed by atoms with van der Waals surface area (Å²) in [6, 6.07) is 9.18. The molecule has 136 valence electrons. The highest BCUT2D eigenvalue weighted by Gasteiger charge is 2.11. The van der Waals surface area contributed by atoms with Crippen molar-refractivity contribution < 1.29 is 8.91 Å². The van der Waals surface area contributed by atoms with Gasteiger partial charge in [-0.1, -0.05) is 29.4 Å². The smallest absolute Gasteiger partial charge is 0.227 e. The maximum absolute atomic E-state index is 13.7. The Morgan fingerprint density at radius 2 is 2.23 bits per heavy atom. The van der Waals surface area contributed by atoms with Gasteiger partial charge in [-0.15, -0.1) is 17.9 Å². The number of aryl methyl sites for hydroxylation is 2. The summed E-state index contributed by atoms with van der Waals surface area (Å²) in [7, 11) is 0. The van der Waals surface area contributed by atoms with Crippen LogP contribution in [0.15, 0.2) is 52.9 Å². The average Bonchev–Trinajstić information content (AvgIpc) is 3.29. The van der Waals surface area contributed by atoms with E-state index in [-0.39, 0.29) is 5.82 Å². The lowest BCUT2D eigenvalue weighted by molar-refractivity contribution is 0.285. The minimum atomic E-state index is -0.262. The quantitative estimate of drug-likeness (QED) is 0.504. The third kappa shape index (κ3) is 4.86. The van der Waals surface area contributed by atoms with Crippen LogP contribution in [0.3, 0.4) is 0 Å². The number of benzene rings is 1. The highest BCUT2D eigenvalue weighted by Crippen LogP contribution is 2.19. The largest absolute Gasteiger partial charge is 0.339 e. The summed E-state index contributed by atoms with van der Waals surface area (Å²) in [5.41, 5.74) is 1.24. The molecule has 0 amide bonds. The Morgan fingerprint density at radius 1 is 1.35 bits per heavy atom. The molecule has 0 saturated heterocycles. The molecule has 0 fully saturated rings. The van der Waals surface area contributed by atoms with Crippen LogP contribution in [0.25, 0.3) is 11.4 Å². The maximum Gasteiger partial charge on any atom is 0.227 e. The molecule has 0 unspecified atom stereocenters. The van der Waals surface area contributed by atoms with Gasteiger partial charge in [0.2, 0.25) is 11.7 Å². The summed E-state index contributed by atoms with van der Waals surface area (Å²) in [5, 5.41) is 6.06. The van der Waals surface area contributed by atoms with Crippen molar-refractivity contribution in [2.75, 3.05) is 13.1 Å². The second-order valence-electron chi connectivity index (χ2n) is 6.18. The monoisotopic (exact) mass is 371 g/mol. The lowest BCUT2D eigenvalue weighted by Gasteiger charge is -2.19. The molecule has 3 aromatic rings. The first-order valence-electron chi connectivity index (χ1n) is 8.60. The predicted octanol–water partition coefficient (Wildman–Crippen LogP) is 4.87. The molecule has 3 rings (SSSR count). The second-order valence-corrected chi connectivity index (χ2v) is 7.21. The molecule has 2 aromatic heterocycles. The zero-order valence-electron chi connectivity index (χ0n) is 14.8. The average molecular weight is 371 g/mol. The van der Waals surface area contributed by atoms with Gasteiger partial charge in [-0.3, -0.25) is 4.90 Å². The van der Waals surface area contributed by atoms with Crippen molar-refractivity contribution in [1.29, 1.82) is 0 Å². The topological polar surface area (TPSA) is 42.2 Å². The number of halogens is 1. The molecule has 0 saturated carbocycles. The molecule has 26 heavy (non-hydrogen) atoms. The molecule has 0 bridgehead atoms. The van der Waals surface area contributed by atoms with Crippen molar-refractivity contribution in [1.82, 2.24) is 15.0 Å². The molecule has 6 heteroatoms. The van der Waals surface area contributed by atoms with Gasteiger partial charge < -0.3 is 4.52 Å². The first-order valence-corrected chi connectivity index (χ1v) is 9.48. The molecule has 0 radical (unpaired) electrons. The lowest BCUT2D eigenvalue weighted by Crippen LogP contribution is -2.24. The van der Waals surface area contributed by atoms with Gasteiger partial charge in [-0.05, 0) is 43.0 Å². The van der Waals surface area contributed by atoms with Crippen LogP contribution in [-0.2, 0) is 13.0 Å². The fourth-order valence-electron chi connectivity index (χ4n) is 2.70. The zero-order chi connectivity index (χ0) is 18.4. The summed E-state index contributed by atoms with van der Waals surface area (Å²) in [5.74, 6) is 0.749. The lowest BCUT2D eigenvalue weighted by atomic mass is 10.1. The van der Waals surface area contributed by atoms with Crippen molar-refractivity contribution in [3.63, 3.8) is 0 Å². The molecule has 0 spiro atoms. The van der Waals surface area contributed by atoms with Crippen LogP contribution in [0.1, 0.15) is 22.8 Å². The molecular formula is C20H22FN3OS. The van der Waals surface area contributed by atoms with Gasteiger partial charge in [-0.2, -0.15) is 4.98 Å². The van der Waals surface area contributed by atoms with E-state index in [1.165, 1.54) is 10.9 Å². The van der Waals surface area contributed by atoms with E-state index in [0.29, 0.717) is 29.3 Å². The molecule has 0 aliphatic carbocycles. The Labute approximate surface area is 157 Å². The first-order chi connectivity index (χ1) is 12.7. The van der Waals surface area contributed by atoms with Crippen molar-refractivity contribution in [3.05, 3.63) is 70.5 Å². The van der Waals surface area contributed by atoms with Crippen molar-refractivity contribution in [2.45, 2.75) is 26.3 Å². The zero-order valence-corrected chi connectivity index (χ0v) is 15.6. The van der Waals surface area contributed by atoms with E-state index in [0.717, 1.165) is 26.1 Å². The number of rotatable bonds is 9. The third-order valence-electron chi connectivity index (χ3n) is 4.11. The molecule has 0 aliphatic heterocycles. The molecule has 1 aromatic carbocycles. The van der Waals surface area contributed by atoms with Crippen LogP contribution in [0.2, 0.25) is 0 Å². The van der Waals surface area contributed by atoms with E-state index >= 15 is 0 Å². The number of hydrogen-bond donors (Lipinski definition) is 0. The fourth-order valence-corrected chi connectivity index (χ4v) is 3.45. The minimum absolute atomic E-state index is 0.262. The molecular weight excluding hydrogens is 349 g/mol. The Morgan fingerprint density at radius 3 is 2.96 bits per heavy atom. The van der Waals surface area contributed by atoms with Crippen LogP contribution in [-0.4, -0.2) is 28.1 Å². The number of nitrogens with zero attached hydrogens (tertiary/aromatic N) is 3. The second kappa shape index (κ2) is 8.87. The molecule has 0 aliphatic rings. The standard InChI is InChI=1S/C20H22FN3OS/c1-3-10-24(14-17-6-5-12-26-17)11-4-7-19-22-20(23-25-19)16-9-8-15(2)18(21)13-16/h3,5-6,8-9,12-13H,1,4,7,10-11,14H2,2H3. The number of aromatic nitrogens is 2. The predicted molar refractivity (Wildman–Crippen MR) is 103 cm³/mol. The van der Waals surface area contributed by atoms with Crippen LogP contribution in [0.4, 0.5) is 4.39 Å². The van der Waals surface area contributed by atoms with E-state index in [9.17, 15) is 4.39 Å². The first kappa shape index (κ1) is 18.5. The fraction of sp³-hybridized carbons (Fsp3) is 0.300. The SMILES string of the molecule is C=CCN(CCCc1nc(-c2ccc(C)c(F)c2)no1)Cc1cccs1. The van der Waals surface area contributed by atoms with E-state index in [4.69, 9.17) is 4.52 Å². The minimum Gasteiger partial charge on any atom is -0.339 e. The van der Waals surface area contributed by atoms with E-state index < -0.39 is 0 Å². The highest BCUT2D eigenvalue weighted by atomic mass is 32.1. The summed E-state index contributed by atoms with van der Waals surface area (Å²) in [6.07, 6.45) is 3.52. The molecule has 2 heterocycles. The molecule has 4 nitrogen and oxygen atoms in total. The summed E-state index contributed by atoms with van der Waals surface area (Å²) < 4.78 is 19.0. The Hall–Kier alpha value is -2.31. The van der Waals surface area contributed by atoms with Gasteiger partial charge in [0.25, 0.3) is 0 Å². The van der Waals surface area contributed by atoms with Gasteiger partial charge in [0, 0.05) is 30.0 Å². The van der Waals surface area contributed by atoms with Crippen molar-refractivity contribution in [3.8, 4) is 11.4 Å².